The van der Waals surface area contributed by atoms with Crippen molar-refractivity contribution in [3.8, 4) is 11.5 Å². The zero-order valence-corrected chi connectivity index (χ0v) is 16.6. The number of para-hydroxylation sites is 1. The molecule has 1 spiro atoms. The number of halogens is 1. The van der Waals surface area contributed by atoms with Gasteiger partial charge in [0, 0.05) is 30.8 Å². The van der Waals surface area contributed by atoms with Crippen molar-refractivity contribution in [2.45, 2.75) is 18.4 Å². The lowest BCUT2D eigenvalue weighted by atomic mass is 9.76. The van der Waals surface area contributed by atoms with Crippen LogP contribution in [0.1, 0.15) is 22.4 Å². The second kappa shape index (κ2) is 5.76. The van der Waals surface area contributed by atoms with E-state index in [1.54, 1.807) is 10.8 Å². The van der Waals surface area contributed by atoms with E-state index >= 15 is 0 Å². The highest BCUT2D eigenvalue weighted by Crippen LogP contribution is 2.54. The van der Waals surface area contributed by atoms with Gasteiger partial charge in [0.2, 0.25) is 11.2 Å². The standard InChI is InChI=1S/C22H18ClN3O3/c1-25-14(10-24-21(25)23)11-26-17-5-3-2-4-15(17)22(20(26)27)12-29-19-9-18-13(6-7-28-18)8-16(19)22/h2-5,8-10H,6-7,11-12H2,1H3. The maximum atomic E-state index is 13.9. The Morgan fingerprint density at radius 3 is 2.86 bits per heavy atom. The Balaban J connectivity index is 1.51. The average Bonchev–Trinajstić information content (AvgIpc) is 3.47. The number of amides is 1. The molecule has 3 aliphatic heterocycles. The van der Waals surface area contributed by atoms with E-state index in [0.29, 0.717) is 25.0 Å². The molecule has 6 nitrogen and oxygen atoms in total. The van der Waals surface area contributed by atoms with Crippen LogP contribution in [0.2, 0.25) is 5.28 Å². The van der Waals surface area contributed by atoms with Crippen LogP contribution in [-0.2, 0) is 30.2 Å². The van der Waals surface area contributed by atoms with Crippen LogP contribution in [-0.4, -0.2) is 28.7 Å². The van der Waals surface area contributed by atoms with E-state index in [0.717, 1.165) is 46.0 Å². The molecule has 1 unspecified atom stereocenters. The van der Waals surface area contributed by atoms with E-state index in [2.05, 4.69) is 11.1 Å². The summed E-state index contributed by atoms with van der Waals surface area (Å²) in [6, 6.07) is 12.0. The number of nitrogens with zero attached hydrogens (tertiary/aromatic N) is 3. The molecule has 0 radical (unpaired) electrons. The molecule has 1 aromatic heterocycles. The smallest absolute Gasteiger partial charge is 0.246 e. The summed E-state index contributed by atoms with van der Waals surface area (Å²) >= 11 is 6.11. The van der Waals surface area contributed by atoms with E-state index in [-0.39, 0.29) is 5.91 Å². The first-order valence-electron chi connectivity index (χ1n) is 9.60. The van der Waals surface area contributed by atoms with Gasteiger partial charge in [0.15, 0.2) is 0 Å². The fourth-order valence-corrected chi connectivity index (χ4v) is 4.89. The predicted molar refractivity (Wildman–Crippen MR) is 108 cm³/mol. The van der Waals surface area contributed by atoms with Crippen LogP contribution in [0.15, 0.2) is 42.6 Å². The lowest BCUT2D eigenvalue weighted by Crippen LogP contribution is -2.42. The second-order valence-electron chi connectivity index (χ2n) is 7.73. The molecule has 0 bridgehead atoms. The van der Waals surface area contributed by atoms with Gasteiger partial charge in [0.25, 0.3) is 0 Å². The molecule has 146 valence electrons. The minimum Gasteiger partial charge on any atom is -0.493 e. The van der Waals surface area contributed by atoms with E-state index < -0.39 is 5.41 Å². The number of benzene rings is 2. The molecular weight excluding hydrogens is 390 g/mol. The fraction of sp³-hybridized carbons (Fsp3) is 0.273. The summed E-state index contributed by atoms with van der Waals surface area (Å²) in [5, 5.41) is 0.403. The largest absolute Gasteiger partial charge is 0.493 e. The number of imidazole rings is 1. The Bertz CT molecular complexity index is 1190. The summed E-state index contributed by atoms with van der Waals surface area (Å²) in [6.45, 7) is 1.37. The van der Waals surface area contributed by atoms with Crippen molar-refractivity contribution in [1.29, 1.82) is 0 Å². The first-order chi connectivity index (χ1) is 14.1. The van der Waals surface area contributed by atoms with Crippen molar-refractivity contribution in [2.24, 2.45) is 7.05 Å². The summed E-state index contributed by atoms with van der Waals surface area (Å²) in [7, 11) is 1.85. The molecule has 0 saturated carbocycles. The Morgan fingerprint density at radius 2 is 2.03 bits per heavy atom. The highest BCUT2D eigenvalue weighted by Gasteiger charge is 2.57. The molecule has 3 aliphatic rings. The molecular formula is C22H18ClN3O3. The monoisotopic (exact) mass is 407 g/mol. The Morgan fingerprint density at radius 1 is 1.17 bits per heavy atom. The lowest BCUT2D eigenvalue weighted by molar-refractivity contribution is -0.122. The van der Waals surface area contributed by atoms with Crippen molar-refractivity contribution >= 4 is 23.2 Å². The predicted octanol–water partition coefficient (Wildman–Crippen LogP) is 3.23. The fourth-order valence-electron chi connectivity index (χ4n) is 4.73. The molecule has 7 heteroatoms. The highest BCUT2D eigenvalue weighted by atomic mass is 35.5. The Kier molecular flexibility index (Phi) is 3.36. The number of fused-ring (bicyclic) bond motifs is 5. The number of carbonyl (C=O) groups is 1. The minimum atomic E-state index is -0.827. The van der Waals surface area contributed by atoms with Gasteiger partial charge < -0.3 is 18.9 Å². The molecule has 6 rings (SSSR count). The SMILES string of the molecule is Cn1c(CN2C(=O)C3(COc4cc5c(cc43)CCO5)c3ccccc32)cnc1Cl. The van der Waals surface area contributed by atoms with Crippen LogP contribution < -0.4 is 14.4 Å². The first kappa shape index (κ1) is 16.9. The molecule has 2 aromatic carbocycles. The molecule has 4 heterocycles. The summed E-state index contributed by atoms with van der Waals surface area (Å²) in [4.78, 5) is 19.9. The van der Waals surface area contributed by atoms with Gasteiger partial charge in [0.1, 0.15) is 23.5 Å². The summed E-state index contributed by atoms with van der Waals surface area (Å²) < 4.78 is 13.5. The number of hydrogen-bond acceptors (Lipinski definition) is 4. The van der Waals surface area contributed by atoms with Gasteiger partial charge in [-0.25, -0.2) is 4.98 Å². The van der Waals surface area contributed by atoms with Crippen molar-refractivity contribution in [1.82, 2.24) is 9.55 Å². The van der Waals surface area contributed by atoms with Gasteiger partial charge in [0.05, 0.1) is 25.0 Å². The van der Waals surface area contributed by atoms with Gasteiger partial charge in [-0.15, -0.1) is 0 Å². The topological polar surface area (TPSA) is 56.6 Å². The lowest BCUT2D eigenvalue weighted by Gasteiger charge is -2.23. The zero-order chi connectivity index (χ0) is 19.8. The molecule has 3 aromatic rings. The number of hydrogen-bond donors (Lipinski definition) is 0. The van der Waals surface area contributed by atoms with Gasteiger partial charge >= 0.3 is 0 Å². The van der Waals surface area contributed by atoms with Gasteiger partial charge in [-0.3, -0.25) is 4.79 Å². The number of rotatable bonds is 2. The van der Waals surface area contributed by atoms with Crippen LogP contribution in [0.4, 0.5) is 5.69 Å². The number of carbonyl (C=O) groups excluding carboxylic acids is 1. The minimum absolute atomic E-state index is 0.0219. The second-order valence-corrected chi connectivity index (χ2v) is 8.07. The summed E-state index contributed by atoms with van der Waals surface area (Å²) in [6.07, 6.45) is 2.57. The normalized spacial score (nSPS) is 21.2. The highest BCUT2D eigenvalue weighted by molar-refractivity contribution is 6.28. The maximum Gasteiger partial charge on any atom is 0.246 e. The average molecular weight is 408 g/mol. The number of aromatic nitrogens is 2. The van der Waals surface area contributed by atoms with Gasteiger partial charge in [-0.2, -0.15) is 0 Å². The molecule has 0 N–H and O–H groups in total. The van der Waals surface area contributed by atoms with Crippen LogP contribution in [0.25, 0.3) is 0 Å². The van der Waals surface area contributed by atoms with E-state index in [4.69, 9.17) is 21.1 Å². The van der Waals surface area contributed by atoms with Crippen molar-refractivity contribution in [3.05, 3.63) is 70.3 Å². The van der Waals surface area contributed by atoms with E-state index in [1.165, 1.54) is 0 Å². The Labute approximate surface area is 172 Å². The third-order valence-electron chi connectivity index (χ3n) is 6.31. The summed E-state index contributed by atoms with van der Waals surface area (Å²) in [5.74, 6) is 1.62. The zero-order valence-electron chi connectivity index (χ0n) is 15.8. The molecule has 0 fully saturated rings. The molecule has 0 saturated heterocycles. The van der Waals surface area contributed by atoms with Crippen molar-refractivity contribution in [2.75, 3.05) is 18.1 Å². The van der Waals surface area contributed by atoms with E-state index in [9.17, 15) is 4.79 Å². The third kappa shape index (κ3) is 2.12. The molecule has 29 heavy (non-hydrogen) atoms. The van der Waals surface area contributed by atoms with Crippen molar-refractivity contribution < 1.29 is 14.3 Å². The van der Waals surface area contributed by atoms with Crippen molar-refractivity contribution in [3.63, 3.8) is 0 Å². The maximum absolute atomic E-state index is 13.9. The van der Waals surface area contributed by atoms with Crippen LogP contribution >= 0.6 is 11.6 Å². The Hall–Kier alpha value is -2.99. The molecule has 1 amide bonds. The third-order valence-corrected chi connectivity index (χ3v) is 6.66. The summed E-state index contributed by atoms with van der Waals surface area (Å²) in [5.41, 5.74) is 4.00. The molecule has 1 atom stereocenters. The number of ether oxygens (including phenoxy) is 2. The van der Waals surface area contributed by atoms with E-state index in [1.807, 2.05) is 42.3 Å². The number of anilines is 1. The van der Waals surface area contributed by atoms with Gasteiger partial charge in [-0.05, 0) is 34.9 Å². The van der Waals surface area contributed by atoms with Crippen LogP contribution in [0.3, 0.4) is 0 Å². The van der Waals surface area contributed by atoms with Crippen LogP contribution in [0.5, 0.6) is 11.5 Å². The molecule has 0 aliphatic carbocycles. The van der Waals surface area contributed by atoms with Crippen LogP contribution in [0, 0.1) is 0 Å². The quantitative estimate of drug-likeness (QED) is 0.654. The first-order valence-corrected chi connectivity index (χ1v) is 9.98. The van der Waals surface area contributed by atoms with Gasteiger partial charge in [-0.1, -0.05) is 18.2 Å².